The Morgan fingerprint density at radius 1 is 1.20 bits per heavy atom. The molecule has 0 atom stereocenters. The van der Waals surface area contributed by atoms with Crippen molar-refractivity contribution in [2.45, 2.75) is 37.5 Å². The van der Waals surface area contributed by atoms with E-state index in [1.807, 2.05) is 6.92 Å². The number of ether oxygens (including phenoxy) is 1. The Morgan fingerprint density at radius 2 is 1.85 bits per heavy atom. The van der Waals surface area contributed by atoms with E-state index in [-0.39, 0.29) is 11.5 Å². The number of benzene rings is 1. The lowest BCUT2D eigenvalue weighted by molar-refractivity contribution is 0.0621. The summed E-state index contributed by atoms with van der Waals surface area (Å²) in [4.78, 5) is 0.231. The predicted molar refractivity (Wildman–Crippen MR) is 77.1 cm³/mol. The summed E-state index contributed by atoms with van der Waals surface area (Å²) in [5.41, 5.74) is 1.03. The lowest BCUT2D eigenvalue weighted by Gasteiger charge is -2.21. The Kier molecular flexibility index (Phi) is 5.57. The second kappa shape index (κ2) is 7.20. The highest BCUT2D eigenvalue weighted by atomic mass is 32.2. The summed E-state index contributed by atoms with van der Waals surface area (Å²) in [5, 5.41) is 0. The summed E-state index contributed by atoms with van der Waals surface area (Å²) in [5.74, 6) is 0.648. The van der Waals surface area contributed by atoms with Gasteiger partial charge in [-0.05, 0) is 50.7 Å². The molecule has 0 N–H and O–H groups in total. The topological polar surface area (TPSA) is 52.6 Å². The standard InChI is InChI=1S/C15H22O4S/c1-13-4-6-15(7-5-13)20(16,17)19-10-2-3-14-8-11-18-12-9-14/h4-7,14H,2-3,8-12H2,1H3. The maximum Gasteiger partial charge on any atom is 0.296 e. The Bertz CT molecular complexity index is 501. The van der Waals surface area contributed by atoms with Crippen LogP contribution in [0.5, 0.6) is 0 Å². The number of hydrogen-bond donors (Lipinski definition) is 0. The van der Waals surface area contributed by atoms with Gasteiger partial charge >= 0.3 is 0 Å². The van der Waals surface area contributed by atoms with Crippen molar-refractivity contribution in [1.82, 2.24) is 0 Å². The first-order valence-corrected chi connectivity index (χ1v) is 8.52. The molecular weight excluding hydrogens is 276 g/mol. The molecule has 112 valence electrons. The molecule has 1 heterocycles. The lowest BCUT2D eigenvalue weighted by Crippen LogP contribution is -2.16. The SMILES string of the molecule is Cc1ccc(S(=O)(=O)OCCCC2CCOCC2)cc1. The van der Waals surface area contributed by atoms with Gasteiger partial charge < -0.3 is 4.74 Å². The van der Waals surface area contributed by atoms with Crippen LogP contribution in [0.1, 0.15) is 31.2 Å². The number of rotatable bonds is 6. The van der Waals surface area contributed by atoms with E-state index in [1.54, 1.807) is 24.3 Å². The minimum absolute atomic E-state index is 0.231. The van der Waals surface area contributed by atoms with E-state index in [4.69, 9.17) is 8.92 Å². The molecule has 1 aliphatic rings. The summed E-state index contributed by atoms with van der Waals surface area (Å²) in [6.45, 7) is 3.83. The zero-order valence-corrected chi connectivity index (χ0v) is 12.7. The van der Waals surface area contributed by atoms with Gasteiger partial charge in [0.15, 0.2) is 0 Å². The minimum atomic E-state index is -3.60. The van der Waals surface area contributed by atoms with Crippen LogP contribution in [0.25, 0.3) is 0 Å². The summed E-state index contributed by atoms with van der Waals surface area (Å²) >= 11 is 0. The van der Waals surface area contributed by atoms with Crippen LogP contribution in [0.3, 0.4) is 0 Å². The van der Waals surface area contributed by atoms with Crippen LogP contribution in [-0.4, -0.2) is 28.2 Å². The fraction of sp³-hybridized carbons (Fsp3) is 0.600. The molecule has 0 bridgehead atoms. The summed E-state index contributed by atoms with van der Waals surface area (Å²) < 4.78 is 34.3. The lowest BCUT2D eigenvalue weighted by atomic mass is 9.95. The van der Waals surface area contributed by atoms with Gasteiger partial charge in [-0.2, -0.15) is 8.42 Å². The quantitative estimate of drug-likeness (QED) is 0.598. The molecule has 0 aromatic heterocycles. The maximum atomic E-state index is 12.0. The minimum Gasteiger partial charge on any atom is -0.381 e. The molecule has 1 aromatic carbocycles. The van der Waals surface area contributed by atoms with E-state index in [0.717, 1.165) is 44.5 Å². The molecule has 5 heteroatoms. The van der Waals surface area contributed by atoms with Gasteiger partial charge in [-0.25, -0.2) is 0 Å². The first-order valence-electron chi connectivity index (χ1n) is 7.12. The van der Waals surface area contributed by atoms with Crippen molar-refractivity contribution < 1.29 is 17.3 Å². The third kappa shape index (κ3) is 4.58. The van der Waals surface area contributed by atoms with Gasteiger partial charge in [0.1, 0.15) is 0 Å². The van der Waals surface area contributed by atoms with Crippen LogP contribution >= 0.6 is 0 Å². The van der Waals surface area contributed by atoms with Crippen molar-refractivity contribution >= 4 is 10.1 Å². The highest BCUT2D eigenvalue weighted by molar-refractivity contribution is 7.86. The van der Waals surface area contributed by atoms with Gasteiger partial charge in [-0.3, -0.25) is 4.18 Å². The largest absolute Gasteiger partial charge is 0.381 e. The van der Waals surface area contributed by atoms with Crippen LogP contribution in [0, 0.1) is 12.8 Å². The number of aryl methyl sites for hydroxylation is 1. The van der Waals surface area contributed by atoms with E-state index in [0.29, 0.717) is 5.92 Å². The van der Waals surface area contributed by atoms with E-state index in [9.17, 15) is 8.42 Å². The van der Waals surface area contributed by atoms with Crippen LogP contribution in [0.4, 0.5) is 0 Å². The van der Waals surface area contributed by atoms with E-state index >= 15 is 0 Å². The van der Waals surface area contributed by atoms with Crippen molar-refractivity contribution in [3.8, 4) is 0 Å². The Morgan fingerprint density at radius 3 is 2.50 bits per heavy atom. The van der Waals surface area contributed by atoms with E-state index < -0.39 is 10.1 Å². The second-order valence-electron chi connectivity index (χ2n) is 5.29. The Hall–Kier alpha value is -0.910. The highest BCUT2D eigenvalue weighted by Gasteiger charge is 2.16. The van der Waals surface area contributed by atoms with Crippen LogP contribution < -0.4 is 0 Å². The first kappa shape index (κ1) is 15.5. The molecule has 0 radical (unpaired) electrons. The molecule has 0 saturated carbocycles. The molecule has 1 fully saturated rings. The molecular formula is C15H22O4S. The first-order chi connectivity index (χ1) is 9.58. The van der Waals surface area contributed by atoms with Gasteiger partial charge in [0.2, 0.25) is 0 Å². The molecule has 0 aliphatic carbocycles. The van der Waals surface area contributed by atoms with Crippen LogP contribution in [0.15, 0.2) is 29.2 Å². The molecule has 1 saturated heterocycles. The molecule has 0 spiro atoms. The fourth-order valence-electron chi connectivity index (χ4n) is 2.35. The summed E-state index contributed by atoms with van der Waals surface area (Å²) in [6, 6.07) is 6.73. The highest BCUT2D eigenvalue weighted by Crippen LogP contribution is 2.20. The van der Waals surface area contributed by atoms with Crippen LogP contribution in [0.2, 0.25) is 0 Å². The normalized spacial score (nSPS) is 17.2. The molecule has 20 heavy (non-hydrogen) atoms. The van der Waals surface area contributed by atoms with Gasteiger partial charge in [-0.1, -0.05) is 17.7 Å². The molecule has 4 nitrogen and oxygen atoms in total. The third-order valence-corrected chi connectivity index (χ3v) is 4.97. The number of hydrogen-bond acceptors (Lipinski definition) is 4. The van der Waals surface area contributed by atoms with Crippen molar-refractivity contribution in [3.63, 3.8) is 0 Å². The van der Waals surface area contributed by atoms with Gasteiger partial charge in [0, 0.05) is 13.2 Å². The zero-order valence-electron chi connectivity index (χ0n) is 11.9. The van der Waals surface area contributed by atoms with E-state index in [1.165, 1.54) is 0 Å². The molecule has 0 unspecified atom stereocenters. The molecule has 2 rings (SSSR count). The monoisotopic (exact) mass is 298 g/mol. The average Bonchev–Trinajstić information content (AvgIpc) is 2.45. The smallest absolute Gasteiger partial charge is 0.296 e. The van der Waals surface area contributed by atoms with Crippen molar-refractivity contribution in [1.29, 1.82) is 0 Å². The Balaban J connectivity index is 1.76. The van der Waals surface area contributed by atoms with Crippen molar-refractivity contribution in [3.05, 3.63) is 29.8 Å². The van der Waals surface area contributed by atoms with E-state index in [2.05, 4.69) is 0 Å². The molecule has 0 amide bonds. The zero-order chi connectivity index (χ0) is 14.4. The average molecular weight is 298 g/mol. The van der Waals surface area contributed by atoms with Crippen molar-refractivity contribution in [2.75, 3.05) is 19.8 Å². The summed E-state index contributed by atoms with van der Waals surface area (Å²) in [7, 11) is -3.60. The van der Waals surface area contributed by atoms with Gasteiger partial charge in [-0.15, -0.1) is 0 Å². The van der Waals surface area contributed by atoms with Gasteiger partial charge in [0.05, 0.1) is 11.5 Å². The Labute approximate surface area is 121 Å². The maximum absolute atomic E-state index is 12.0. The van der Waals surface area contributed by atoms with Crippen molar-refractivity contribution in [2.24, 2.45) is 5.92 Å². The van der Waals surface area contributed by atoms with Gasteiger partial charge in [0.25, 0.3) is 10.1 Å². The predicted octanol–water partition coefficient (Wildman–Crippen LogP) is 2.91. The molecule has 1 aromatic rings. The second-order valence-corrected chi connectivity index (χ2v) is 6.90. The van der Waals surface area contributed by atoms with Crippen LogP contribution in [-0.2, 0) is 19.0 Å². The third-order valence-electron chi connectivity index (χ3n) is 3.65. The molecule has 1 aliphatic heterocycles. The fourth-order valence-corrected chi connectivity index (χ4v) is 3.29. The summed E-state index contributed by atoms with van der Waals surface area (Å²) in [6.07, 6.45) is 3.93.